The zero-order valence-electron chi connectivity index (χ0n) is 11.2. The fourth-order valence-electron chi connectivity index (χ4n) is 1.90. The fourth-order valence-corrected chi connectivity index (χ4v) is 3.88. The van der Waals surface area contributed by atoms with Crippen LogP contribution in [0.5, 0.6) is 5.75 Å². The van der Waals surface area contributed by atoms with E-state index in [1.54, 1.807) is 36.4 Å². The summed E-state index contributed by atoms with van der Waals surface area (Å²) in [5.41, 5.74) is 0.373. The van der Waals surface area contributed by atoms with E-state index in [0.29, 0.717) is 11.3 Å². The van der Waals surface area contributed by atoms with Crippen molar-refractivity contribution < 1.29 is 13.2 Å². The largest absolute Gasteiger partial charge is 0.497 e. The minimum atomic E-state index is -3.89. The lowest BCUT2D eigenvalue weighted by Crippen LogP contribution is -2.12. The summed E-state index contributed by atoms with van der Waals surface area (Å²) in [6.07, 6.45) is 0. The normalized spacial score (nSPS) is 12.4. The third kappa shape index (κ3) is 3.02. The van der Waals surface area contributed by atoms with Crippen LogP contribution in [0.15, 0.2) is 53.4 Å². The monoisotopic (exact) mass is 321 g/mol. The first kappa shape index (κ1) is 15.4. The highest BCUT2D eigenvalue weighted by Crippen LogP contribution is 2.32. The Morgan fingerprint density at radius 2 is 1.76 bits per heavy atom. The summed E-state index contributed by atoms with van der Waals surface area (Å²) in [5.74, 6) is 0.589. The molecule has 0 heterocycles. The number of benzene rings is 2. The number of hydrogen-bond donors (Lipinski definition) is 0. The van der Waals surface area contributed by atoms with Gasteiger partial charge in [-0.1, -0.05) is 35.9 Å². The zero-order chi connectivity index (χ0) is 15.5. The number of ether oxygens (including phenoxy) is 1. The smallest absolute Gasteiger partial charge is 0.200 e. The minimum Gasteiger partial charge on any atom is -0.497 e. The van der Waals surface area contributed by atoms with E-state index in [2.05, 4.69) is 0 Å². The van der Waals surface area contributed by atoms with Crippen LogP contribution in [0.25, 0.3) is 0 Å². The van der Waals surface area contributed by atoms with Crippen molar-refractivity contribution in [3.8, 4) is 11.8 Å². The van der Waals surface area contributed by atoms with Crippen molar-refractivity contribution >= 4 is 21.4 Å². The maximum Gasteiger partial charge on any atom is 0.200 e. The SMILES string of the molecule is COc1ccc(C(C#N)S(=O)(=O)c2ccccc2Cl)cc1. The van der Waals surface area contributed by atoms with Gasteiger partial charge in [0.2, 0.25) is 0 Å². The van der Waals surface area contributed by atoms with Gasteiger partial charge in [0.25, 0.3) is 0 Å². The molecular weight excluding hydrogens is 310 g/mol. The first-order valence-electron chi connectivity index (χ1n) is 6.02. The van der Waals surface area contributed by atoms with Gasteiger partial charge in [0.1, 0.15) is 5.75 Å². The molecule has 0 radical (unpaired) electrons. The van der Waals surface area contributed by atoms with Gasteiger partial charge in [-0.05, 0) is 29.8 Å². The van der Waals surface area contributed by atoms with Gasteiger partial charge in [-0.15, -0.1) is 0 Å². The second-order valence-corrected chi connectivity index (χ2v) is 6.67. The standard InChI is InChI=1S/C15H12ClNO3S/c1-20-12-8-6-11(7-9-12)15(10-17)21(18,19)14-5-3-2-4-13(14)16/h2-9,15H,1H3. The number of halogens is 1. The predicted octanol–water partition coefficient (Wildman–Crippen LogP) is 3.39. The van der Waals surface area contributed by atoms with Gasteiger partial charge in [-0.2, -0.15) is 5.26 Å². The molecule has 0 aliphatic carbocycles. The molecule has 2 aromatic carbocycles. The molecular formula is C15H12ClNO3S. The molecule has 0 spiro atoms. The predicted molar refractivity (Wildman–Crippen MR) is 80.0 cm³/mol. The van der Waals surface area contributed by atoms with E-state index in [-0.39, 0.29) is 9.92 Å². The topological polar surface area (TPSA) is 67.2 Å². The van der Waals surface area contributed by atoms with Gasteiger partial charge >= 0.3 is 0 Å². The summed E-state index contributed by atoms with van der Waals surface area (Å²) in [7, 11) is -2.38. The number of nitriles is 1. The molecule has 1 atom stereocenters. The molecule has 6 heteroatoms. The van der Waals surface area contributed by atoms with E-state index in [1.165, 1.54) is 19.2 Å². The summed E-state index contributed by atoms with van der Waals surface area (Å²) in [5, 5.41) is 8.08. The molecule has 0 bridgehead atoms. The van der Waals surface area contributed by atoms with Crippen LogP contribution in [0.1, 0.15) is 10.8 Å². The molecule has 0 saturated heterocycles. The van der Waals surface area contributed by atoms with E-state index in [0.717, 1.165) is 0 Å². The third-order valence-corrected chi connectivity index (χ3v) is 5.40. The van der Waals surface area contributed by atoms with Gasteiger partial charge < -0.3 is 4.74 Å². The highest BCUT2D eigenvalue weighted by Gasteiger charge is 2.30. The Morgan fingerprint density at radius 1 is 1.14 bits per heavy atom. The molecule has 0 aliphatic heterocycles. The minimum absolute atomic E-state index is 0.0472. The van der Waals surface area contributed by atoms with Crippen molar-refractivity contribution in [3.63, 3.8) is 0 Å². The highest BCUT2D eigenvalue weighted by molar-refractivity contribution is 7.92. The lowest BCUT2D eigenvalue weighted by molar-refractivity contribution is 0.414. The fraction of sp³-hybridized carbons (Fsp3) is 0.133. The lowest BCUT2D eigenvalue weighted by atomic mass is 10.1. The van der Waals surface area contributed by atoms with Gasteiger partial charge in [0, 0.05) is 0 Å². The Kier molecular flexibility index (Phi) is 4.51. The molecule has 1 unspecified atom stereocenters. The molecule has 0 fully saturated rings. The van der Waals surface area contributed by atoms with Crippen LogP contribution in [0.3, 0.4) is 0 Å². The highest BCUT2D eigenvalue weighted by atomic mass is 35.5. The quantitative estimate of drug-likeness (QED) is 0.865. The average molecular weight is 322 g/mol. The van der Waals surface area contributed by atoms with Crippen molar-refractivity contribution in [2.45, 2.75) is 10.1 Å². The van der Waals surface area contributed by atoms with E-state index in [4.69, 9.17) is 16.3 Å². The summed E-state index contributed by atoms with van der Waals surface area (Å²) >= 11 is 5.94. The van der Waals surface area contributed by atoms with Gasteiger partial charge in [-0.3, -0.25) is 0 Å². The molecule has 0 aromatic heterocycles. The maximum atomic E-state index is 12.6. The Labute approximate surface area is 128 Å². The van der Waals surface area contributed by atoms with Crippen LogP contribution < -0.4 is 4.74 Å². The van der Waals surface area contributed by atoms with Crippen molar-refractivity contribution in [1.82, 2.24) is 0 Å². The van der Waals surface area contributed by atoms with Crippen LogP contribution in [0, 0.1) is 11.3 Å². The first-order chi connectivity index (χ1) is 10.0. The number of nitrogens with zero attached hydrogens (tertiary/aromatic N) is 1. The van der Waals surface area contributed by atoms with Crippen molar-refractivity contribution in [2.24, 2.45) is 0 Å². The lowest BCUT2D eigenvalue weighted by Gasteiger charge is -2.12. The number of methoxy groups -OCH3 is 1. The van der Waals surface area contributed by atoms with Gasteiger partial charge in [0.05, 0.1) is 23.1 Å². The van der Waals surface area contributed by atoms with Crippen LogP contribution in [0.2, 0.25) is 5.02 Å². The van der Waals surface area contributed by atoms with Crippen LogP contribution in [0.4, 0.5) is 0 Å². The van der Waals surface area contributed by atoms with Crippen LogP contribution >= 0.6 is 11.6 Å². The Hall–Kier alpha value is -2.03. The summed E-state index contributed by atoms with van der Waals surface area (Å²) in [6.45, 7) is 0. The molecule has 108 valence electrons. The zero-order valence-corrected chi connectivity index (χ0v) is 12.7. The Morgan fingerprint density at radius 3 is 2.29 bits per heavy atom. The summed E-state index contributed by atoms with van der Waals surface area (Å²) in [6, 6.07) is 14.3. The molecule has 0 amide bonds. The van der Waals surface area contributed by atoms with Gasteiger partial charge in [0.15, 0.2) is 15.1 Å². The average Bonchev–Trinajstić information content (AvgIpc) is 2.48. The maximum absolute atomic E-state index is 12.6. The molecule has 2 rings (SSSR count). The van der Waals surface area contributed by atoms with Crippen LogP contribution in [-0.4, -0.2) is 15.5 Å². The Balaban J connectivity index is 2.50. The molecule has 4 nitrogen and oxygen atoms in total. The first-order valence-corrected chi connectivity index (χ1v) is 7.95. The third-order valence-electron chi connectivity index (χ3n) is 2.99. The molecule has 0 saturated carbocycles. The second-order valence-electron chi connectivity index (χ2n) is 4.26. The summed E-state index contributed by atoms with van der Waals surface area (Å²) < 4.78 is 30.2. The second kappa shape index (κ2) is 6.17. The molecule has 0 N–H and O–H groups in total. The molecule has 2 aromatic rings. The number of rotatable bonds is 4. The van der Waals surface area contributed by atoms with Gasteiger partial charge in [-0.25, -0.2) is 8.42 Å². The van der Waals surface area contributed by atoms with E-state index in [1.807, 2.05) is 6.07 Å². The number of hydrogen-bond acceptors (Lipinski definition) is 4. The van der Waals surface area contributed by atoms with E-state index >= 15 is 0 Å². The van der Waals surface area contributed by atoms with Crippen molar-refractivity contribution in [3.05, 3.63) is 59.1 Å². The molecule has 0 aliphatic rings. The van der Waals surface area contributed by atoms with Crippen molar-refractivity contribution in [1.29, 1.82) is 5.26 Å². The van der Waals surface area contributed by atoms with Crippen LogP contribution in [-0.2, 0) is 9.84 Å². The van der Waals surface area contributed by atoms with E-state index in [9.17, 15) is 13.7 Å². The molecule has 21 heavy (non-hydrogen) atoms. The summed E-state index contributed by atoms with van der Waals surface area (Å²) in [4.78, 5) is -0.0472. The Bertz CT molecular complexity index is 779. The van der Waals surface area contributed by atoms with Crippen molar-refractivity contribution in [2.75, 3.05) is 7.11 Å². The van der Waals surface area contributed by atoms with E-state index < -0.39 is 15.1 Å². The number of sulfone groups is 1.